The fraction of sp³-hybridized carbons (Fsp3) is 0.471. The van der Waals surface area contributed by atoms with Gasteiger partial charge in [0.2, 0.25) is 0 Å². The van der Waals surface area contributed by atoms with Crippen molar-refractivity contribution in [3.8, 4) is 16.9 Å². The van der Waals surface area contributed by atoms with Crippen molar-refractivity contribution in [2.75, 3.05) is 13.7 Å². The van der Waals surface area contributed by atoms with Crippen LogP contribution in [0, 0.1) is 0 Å². The molecule has 1 heterocycles. The minimum atomic E-state index is 0.826. The Morgan fingerprint density at radius 1 is 1.29 bits per heavy atom. The molecule has 2 rings (SSSR count). The first kappa shape index (κ1) is 15.6. The Hall–Kier alpha value is -1.81. The molecular formula is C17H25N3O. The van der Waals surface area contributed by atoms with E-state index in [-0.39, 0.29) is 0 Å². The van der Waals surface area contributed by atoms with Crippen molar-refractivity contribution in [1.29, 1.82) is 0 Å². The SMILES string of the molecule is CCCNCc1cc(-c2cn(C)nc2CC)ccc1OC. The molecule has 0 fully saturated rings. The summed E-state index contributed by atoms with van der Waals surface area (Å²) >= 11 is 0. The molecular weight excluding hydrogens is 262 g/mol. The molecule has 0 spiro atoms. The monoisotopic (exact) mass is 287 g/mol. The zero-order valence-corrected chi connectivity index (χ0v) is 13.4. The van der Waals surface area contributed by atoms with E-state index < -0.39 is 0 Å². The predicted molar refractivity (Wildman–Crippen MR) is 86.6 cm³/mol. The van der Waals surface area contributed by atoms with Crippen molar-refractivity contribution >= 4 is 0 Å². The average Bonchev–Trinajstić information content (AvgIpc) is 2.88. The lowest BCUT2D eigenvalue weighted by molar-refractivity contribution is 0.408. The van der Waals surface area contributed by atoms with Gasteiger partial charge in [-0.05, 0) is 37.1 Å². The average molecular weight is 287 g/mol. The molecule has 4 nitrogen and oxygen atoms in total. The third kappa shape index (κ3) is 3.64. The molecule has 114 valence electrons. The largest absolute Gasteiger partial charge is 0.496 e. The van der Waals surface area contributed by atoms with Gasteiger partial charge in [0.05, 0.1) is 12.8 Å². The lowest BCUT2D eigenvalue weighted by Gasteiger charge is -2.11. The quantitative estimate of drug-likeness (QED) is 0.795. The highest BCUT2D eigenvalue weighted by Gasteiger charge is 2.11. The highest BCUT2D eigenvalue weighted by Crippen LogP contribution is 2.28. The summed E-state index contributed by atoms with van der Waals surface area (Å²) in [6, 6.07) is 6.36. The number of aryl methyl sites for hydroxylation is 2. The minimum Gasteiger partial charge on any atom is -0.496 e. The normalized spacial score (nSPS) is 10.9. The molecule has 0 bridgehead atoms. The van der Waals surface area contributed by atoms with Crippen molar-refractivity contribution in [3.05, 3.63) is 35.7 Å². The first-order chi connectivity index (χ1) is 10.2. The molecule has 4 heteroatoms. The van der Waals surface area contributed by atoms with Gasteiger partial charge in [-0.1, -0.05) is 19.9 Å². The van der Waals surface area contributed by atoms with E-state index in [0.717, 1.165) is 37.4 Å². The lowest BCUT2D eigenvalue weighted by atomic mass is 10.0. The van der Waals surface area contributed by atoms with Gasteiger partial charge in [0.15, 0.2) is 0 Å². The Labute approximate surface area is 127 Å². The van der Waals surface area contributed by atoms with E-state index in [1.807, 2.05) is 17.8 Å². The number of hydrogen-bond acceptors (Lipinski definition) is 3. The zero-order valence-electron chi connectivity index (χ0n) is 13.4. The third-order valence-electron chi connectivity index (χ3n) is 3.57. The molecule has 0 saturated heterocycles. The molecule has 1 aromatic carbocycles. The van der Waals surface area contributed by atoms with Crippen LogP contribution in [-0.2, 0) is 20.0 Å². The van der Waals surface area contributed by atoms with Gasteiger partial charge < -0.3 is 10.1 Å². The maximum atomic E-state index is 5.47. The topological polar surface area (TPSA) is 39.1 Å². The van der Waals surface area contributed by atoms with Crippen LogP contribution in [0.4, 0.5) is 0 Å². The summed E-state index contributed by atoms with van der Waals surface area (Å²) in [5.74, 6) is 0.935. The molecule has 0 amide bonds. The number of benzene rings is 1. The second-order valence-corrected chi connectivity index (χ2v) is 5.22. The van der Waals surface area contributed by atoms with Crippen LogP contribution in [0.1, 0.15) is 31.5 Å². The molecule has 2 aromatic rings. The Morgan fingerprint density at radius 3 is 2.76 bits per heavy atom. The summed E-state index contributed by atoms with van der Waals surface area (Å²) in [5.41, 5.74) is 4.73. The van der Waals surface area contributed by atoms with Gasteiger partial charge in [-0.15, -0.1) is 0 Å². The predicted octanol–water partition coefficient (Wildman–Crippen LogP) is 3.16. The number of hydrogen-bond donors (Lipinski definition) is 1. The van der Waals surface area contributed by atoms with Crippen LogP contribution in [0.2, 0.25) is 0 Å². The summed E-state index contributed by atoms with van der Waals surface area (Å²) in [6.07, 6.45) is 4.15. The number of methoxy groups -OCH3 is 1. The van der Waals surface area contributed by atoms with Crippen molar-refractivity contribution in [3.63, 3.8) is 0 Å². The fourth-order valence-corrected chi connectivity index (χ4v) is 2.52. The Kier molecular flexibility index (Phi) is 5.39. The highest BCUT2D eigenvalue weighted by molar-refractivity contribution is 5.67. The molecule has 0 saturated carbocycles. The van der Waals surface area contributed by atoms with Crippen LogP contribution in [0.3, 0.4) is 0 Å². The summed E-state index contributed by atoms with van der Waals surface area (Å²) < 4.78 is 7.35. The van der Waals surface area contributed by atoms with Crippen molar-refractivity contribution < 1.29 is 4.74 Å². The van der Waals surface area contributed by atoms with E-state index in [2.05, 4.69) is 42.6 Å². The first-order valence-corrected chi connectivity index (χ1v) is 7.60. The van der Waals surface area contributed by atoms with Crippen molar-refractivity contribution in [2.24, 2.45) is 7.05 Å². The maximum absolute atomic E-state index is 5.47. The van der Waals surface area contributed by atoms with Gasteiger partial charge in [0.25, 0.3) is 0 Å². The summed E-state index contributed by atoms with van der Waals surface area (Å²) in [5, 5.41) is 7.96. The molecule has 21 heavy (non-hydrogen) atoms. The number of nitrogens with one attached hydrogen (secondary N) is 1. The molecule has 0 radical (unpaired) electrons. The standard InChI is InChI=1S/C17H25N3O/c1-5-9-18-11-14-10-13(7-8-17(14)21-4)15-12-20(3)19-16(15)6-2/h7-8,10,12,18H,5-6,9,11H2,1-4H3. The molecule has 1 N–H and O–H groups in total. The van der Waals surface area contributed by atoms with E-state index in [9.17, 15) is 0 Å². The summed E-state index contributed by atoms with van der Waals surface area (Å²) in [6.45, 7) is 6.15. The molecule has 1 aromatic heterocycles. The number of ether oxygens (including phenoxy) is 1. The zero-order chi connectivity index (χ0) is 15.2. The van der Waals surface area contributed by atoms with Crippen LogP contribution in [0.25, 0.3) is 11.1 Å². The third-order valence-corrected chi connectivity index (χ3v) is 3.57. The van der Waals surface area contributed by atoms with Crippen LogP contribution in [0.5, 0.6) is 5.75 Å². The fourth-order valence-electron chi connectivity index (χ4n) is 2.52. The minimum absolute atomic E-state index is 0.826. The summed E-state index contributed by atoms with van der Waals surface area (Å²) in [7, 11) is 3.69. The molecule has 0 atom stereocenters. The van der Waals surface area contributed by atoms with Crippen LogP contribution in [0.15, 0.2) is 24.4 Å². The highest BCUT2D eigenvalue weighted by atomic mass is 16.5. The number of aromatic nitrogens is 2. The van der Waals surface area contributed by atoms with Gasteiger partial charge in [0, 0.05) is 30.9 Å². The van der Waals surface area contributed by atoms with E-state index in [1.165, 1.54) is 16.7 Å². The molecule has 0 aliphatic heterocycles. The molecule has 0 unspecified atom stereocenters. The van der Waals surface area contributed by atoms with Crippen LogP contribution >= 0.6 is 0 Å². The smallest absolute Gasteiger partial charge is 0.123 e. The Bertz CT molecular complexity index is 590. The van der Waals surface area contributed by atoms with Crippen LogP contribution in [-0.4, -0.2) is 23.4 Å². The Balaban J connectivity index is 2.33. The van der Waals surface area contributed by atoms with Gasteiger partial charge in [0.1, 0.15) is 5.75 Å². The van der Waals surface area contributed by atoms with E-state index in [0.29, 0.717) is 0 Å². The second-order valence-electron chi connectivity index (χ2n) is 5.22. The summed E-state index contributed by atoms with van der Waals surface area (Å²) in [4.78, 5) is 0. The Morgan fingerprint density at radius 2 is 2.10 bits per heavy atom. The van der Waals surface area contributed by atoms with E-state index >= 15 is 0 Å². The lowest BCUT2D eigenvalue weighted by Crippen LogP contribution is -2.14. The maximum Gasteiger partial charge on any atom is 0.123 e. The van der Waals surface area contributed by atoms with E-state index in [4.69, 9.17) is 4.74 Å². The van der Waals surface area contributed by atoms with Crippen LogP contribution < -0.4 is 10.1 Å². The van der Waals surface area contributed by atoms with Gasteiger partial charge in [-0.2, -0.15) is 5.10 Å². The van der Waals surface area contributed by atoms with Gasteiger partial charge in [-0.3, -0.25) is 4.68 Å². The van der Waals surface area contributed by atoms with Gasteiger partial charge >= 0.3 is 0 Å². The van der Waals surface area contributed by atoms with Gasteiger partial charge in [-0.25, -0.2) is 0 Å². The van der Waals surface area contributed by atoms with E-state index in [1.54, 1.807) is 7.11 Å². The molecule has 0 aliphatic rings. The second kappa shape index (κ2) is 7.27. The first-order valence-electron chi connectivity index (χ1n) is 7.60. The van der Waals surface area contributed by atoms with Crippen molar-refractivity contribution in [2.45, 2.75) is 33.2 Å². The number of rotatable bonds is 7. The molecule has 0 aliphatic carbocycles. The van der Waals surface area contributed by atoms with Crippen molar-refractivity contribution in [1.82, 2.24) is 15.1 Å². The number of nitrogens with zero attached hydrogens (tertiary/aromatic N) is 2.